The first-order chi connectivity index (χ1) is 9.26. The van der Waals surface area contributed by atoms with Crippen LogP contribution in [0, 0.1) is 16.7 Å². The first-order valence-corrected chi connectivity index (χ1v) is 8.69. The molecule has 0 bridgehead atoms. The Morgan fingerprint density at radius 1 is 1.30 bits per heavy atom. The van der Waals surface area contributed by atoms with Crippen molar-refractivity contribution in [3.05, 3.63) is 0 Å². The van der Waals surface area contributed by atoms with Gasteiger partial charge in [-0.05, 0) is 49.1 Å². The summed E-state index contributed by atoms with van der Waals surface area (Å²) in [5.74, 6) is 0.745. The highest BCUT2D eigenvalue weighted by molar-refractivity contribution is 4.86. The maximum atomic E-state index is 3.69. The van der Waals surface area contributed by atoms with Gasteiger partial charge < -0.3 is 10.2 Å². The molecule has 0 spiro atoms. The Morgan fingerprint density at radius 2 is 2.00 bits per heavy atom. The lowest BCUT2D eigenvalue weighted by Crippen LogP contribution is -2.48. The lowest BCUT2D eigenvalue weighted by molar-refractivity contribution is 0.0703. The molecule has 1 aliphatic rings. The minimum atomic E-state index is 0.428. The van der Waals surface area contributed by atoms with Gasteiger partial charge in [0.1, 0.15) is 0 Å². The summed E-state index contributed by atoms with van der Waals surface area (Å²) in [4.78, 5) is 2.72. The van der Waals surface area contributed by atoms with Crippen LogP contribution in [0.15, 0.2) is 0 Å². The second kappa shape index (κ2) is 7.79. The second-order valence-electron chi connectivity index (χ2n) is 8.56. The van der Waals surface area contributed by atoms with E-state index in [-0.39, 0.29) is 0 Å². The minimum absolute atomic E-state index is 0.428. The topological polar surface area (TPSA) is 15.3 Å². The monoisotopic (exact) mass is 282 g/mol. The number of hydrogen-bond acceptors (Lipinski definition) is 2. The Kier molecular flexibility index (Phi) is 7.00. The van der Waals surface area contributed by atoms with Gasteiger partial charge in [-0.2, -0.15) is 0 Å². The molecule has 2 nitrogen and oxygen atoms in total. The zero-order valence-corrected chi connectivity index (χ0v) is 14.9. The van der Waals surface area contributed by atoms with Crippen LogP contribution in [0.25, 0.3) is 0 Å². The molecule has 1 heterocycles. The van der Waals surface area contributed by atoms with E-state index in [9.17, 15) is 0 Å². The molecule has 0 amide bonds. The van der Waals surface area contributed by atoms with Crippen molar-refractivity contribution in [1.82, 2.24) is 10.2 Å². The van der Waals surface area contributed by atoms with Gasteiger partial charge in [-0.15, -0.1) is 0 Å². The Bertz CT molecular complexity index is 273. The smallest absolute Gasteiger partial charge is 0.00477 e. The van der Waals surface area contributed by atoms with Gasteiger partial charge >= 0.3 is 0 Å². The molecule has 1 rings (SSSR count). The van der Waals surface area contributed by atoms with E-state index in [1.165, 1.54) is 45.3 Å². The first-order valence-electron chi connectivity index (χ1n) is 8.69. The first kappa shape index (κ1) is 18.0. The van der Waals surface area contributed by atoms with E-state index in [0.29, 0.717) is 10.8 Å². The van der Waals surface area contributed by atoms with E-state index in [4.69, 9.17) is 0 Å². The fourth-order valence-electron chi connectivity index (χ4n) is 3.71. The number of likely N-dealkylation sites (tertiary alicyclic amines) is 1. The summed E-state index contributed by atoms with van der Waals surface area (Å²) in [7, 11) is 0. The summed E-state index contributed by atoms with van der Waals surface area (Å²) in [5.41, 5.74) is 0.938. The third-order valence-electron chi connectivity index (χ3n) is 4.54. The van der Waals surface area contributed by atoms with Gasteiger partial charge in [0.05, 0.1) is 0 Å². The van der Waals surface area contributed by atoms with Crippen LogP contribution in [0.2, 0.25) is 0 Å². The standard InChI is InChI=1S/C18H38N2/c1-7-9-18(6,13-19-12-16(2)3)15-20-11-8-10-17(4,5)14-20/h16,19H,7-15H2,1-6H3. The molecule has 20 heavy (non-hydrogen) atoms. The fourth-order valence-corrected chi connectivity index (χ4v) is 3.71. The fraction of sp³-hybridized carbons (Fsp3) is 1.00. The highest BCUT2D eigenvalue weighted by Gasteiger charge is 2.31. The van der Waals surface area contributed by atoms with Crippen LogP contribution in [0.3, 0.4) is 0 Å². The molecule has 1 unspecified atom stereocenters. The molecule has 0 radical (unpaired) electrons. The van der Waals surface area contributed by atoms with Gasteiger partial charge in [-0.3, -0.25) is 0 Å². The Labute approximate surface area is 127 Å². The Morgan fingerprint density at radius 3 is 2.55 bits per heavy atom. The molecule has 1 N–H and O–H groups in total. The summed E-state index contributed by atoms with van der Waals surface area (Å²) >= 11 is 0. The van der Waals surface area contributed by atoms with E-state index in [1.54, 1.807) is 0 Å². The van der Waals surface area contributed by atoms with Crippen molar-refractivity contribution in [1.29, 1.82) is 0 Å². The molecule has 1 saturated heterocycles. The average molecular weight is 283 g/mol. The normalized spacial score (nSPS) is 22.9. The lowest BCUT2D eigenvalue weighted by atomic mass is 9.80. The van der Waals surface area contributed by atoms with Gasteiger partial charge in [-0.25, -0.2) is 0 Å². The number of rotatable bonds is 8. The molecule has 1 fully saturated rings. The third-order valence-corrected chi connectivity index (χ3v) is 4.54. The molecular formula is C18H38N2. The van der Waals surface area contributed by atoms with Crippen molar-refractivity contribution < 1.29 is 0 Å². The molecule has 2 heteroatoms. The van der Waals surface area contributed by atoms with E-state index in [0.717, 1.165) is 19.0 Å². The largest absolute Gasteiger partial charge is 0.316 e. The summed E-state index contributed by atoms with van der Waals surface area (Å²) in [5, 5.41) is 3.69. The zero-order valence-electron chi connectivity index (χ0n) is 14.9. The van der Waals surface area contributed by atoms with Crippen LogP contribution in [0.5, 0.6) is 0 Å². The second-order valence-corrected chi connectivity index (χ2v) is 8.56. The van der Waals surface area contributed by atoms with Crippen LogP contribution in [0.1, 0.15) is 67.2 Å². The van der Waals surface area contributed by atoms with Crippen molar-refractivity contribution in [3.63, 3.8) is 0 Å². The number of hydrogen-bond donors (Lipinski definition) is 1. The van der Waals surface area contributed by atoms with Gasteiger partial charge in [0.2, 0.25) is 0 Å². The van der Waals surface area contributed by atoms with Crippen molar-refractivity contribution in [2.45, 2.75) is 67.2 Å². The van der Waals surface area contributed by atoms with Crippen LogP contribution in [-0.2, 0) is 0 Å². The van der Waals surface area contributed by atoms with Gasteiger partial charge in [0, 0.05) is 19.6 Å². The van der Waals surface area contributed by atoms with Gasteiger partial charge in [0.15, 0.2) is 0 Å². The van der Waals surface area contributed by atoms with Gasteiger partial charge in [0.25, 0.3) is 0 Å². The molecule has 0 aliphatic carbocycles. The third kappa shape index (κ3) is 6.58. The van der Waals surface area contributed by atoms with Crippen LogP contribution in [-0.4, -0.2) is 37.6 Å². The molecular weight excluding hydrogens is 244 g/mol. The highest BCUT2D eigenvalue weighted by Crippen LogP contribution is 2.32. The van der Waals surface area contributed by atoms with Crippen molar-refractivity contribution >= 4 is 0 Å². The summed E-state index contributed by atoms with van der Waals surface area (Å²) in [6.07, 6.45) is 5.38. The van der Waals surface area contributed by atoms with E-state index < -0.39 is 0 Å². The Balaban J connectivity index is 2.51. The summed E-state index contributed by atoms with van der Waals surface area (Å²) in [6, 6.07) is 0. The number of nitrogens with zero attached hydrogens (tertiary/aromatic N) is 1. The summed E-state index contributed by atoms with van der Waals surface area (Å²) in [6.45, 7) is 20.4. The predicted octanol–water partition coefficient (Wildman–Crippen LogP) is 4.16. The molecule has 0 aromatic heterocycles. The predicted molar refractivity (Wildman–Crippen MR) is 90.2 cm³/mol. The van der Waals surface area contributed by atoms with Crippen LogP contribution in [0.4, 0.5) is 0 Å². The molecule has 120 valence electrons. The van der Waals surface area contributed by atoms with Crippen molar-refractivity contribution in [3.8, 4) is 0 Å². The highest BCUT2D eigenvalue weighted by atomic mass is 15.1. The van der Waals surface area contributed by atoms with Crippen molar-refractivity contribution in [2.24, 2.45) is 16.7 Å². The molecule has 1 aliphatic heterocycles. The Hall–Kier alpha value is -0.0800. The minimum Gasteiger partial charge on any atom is -0.316 e. The molecule has 0 aromatic rings. The van der Waals surface area contributed by atoms with Crippen LogP contribution < -0.4 is 5.32 Å². The van der Waals surface area contributed by atoms with E-state index in [2.05, 4.69) is 51.8 Å². The molecule has 0 saturated carbocycles. The van der Waals surface area contributed by atoms with Gasteiger partial charge in [-0.1, -0.05) is 48.0 Å². The van der Waals surface area contributed by atoms with Crippen molar-refractivity contribution in [2.75, 3.05) is 32.7 Å². The number of piperidine rings is 1. The average Bonchev–Trinajstić information content (AvgIpc) is 2.26. The lowest BCUT2D eigenvalue weighted by Gasteiger charge is -2.43. The maximum Gasteiger partial charge on any atom is 0.00477 e. The number of nitrogens with one attached hydrogen (secondary N) is 1. The molecule has 1 atom stereocenters. The van der Waals surface area contributed by atoms with E-state index >= 15 is 0 Å². The van der Waals surface area contributed by atoms with Crippen LogP contribution >= 0.6 is 0 Å². The quantitative estimate of drug-likeness (QED) is 0.719. The SMILES string of the molecule is CCCC(C)(CNCC(C)C)CN1CCCC(C)(C)C1. The summed E-state index contributed by atoms with van der Waals surface area (Å²) < 4.78 is 0. The molecule has 0 aromatic carbocycles. The zero-order chi connectivity index (χ0) is 15.2. The van der Waals surface area contributed by atoms with E-state index in [1.807, 2.05) is 0 Å². The maximum absolute atomic E-state index is 3.69.